The summed E-state index contributed by atoms with van der Waals surface area (Å²) in [5.41, 5.74) is 1.54. The maximum absolute atomic E-state index is 12.4. The van der Waals surface area contributed by atoms with Gasteiger partial charge in [0.2, 0.25) is 5.91 Å². The summed E-state index contributed by atoms with van der Waals surface area (Å²) in [7, 11) is 3.19. The van der Waals surface area contributed by atoms with Gasteiger partial charge in [0.15, 0.2) is 11.0 Å². The van der Waals surface area contributed by atoms with Crippen molar-refractivity contribution in [2.24, 2.45) is 0 Å². The first-order valence-corrected chi connectivity index (χ1v) is 9.89. The molecule has 3 rings (SSSR count). The molecule has 0 aliphatic heterocycles. The van der Waals surface area contributed by atoms with Crippen molar-refractivity contribution in [3.63, 3.8) is 0 Å². The molecule has 0 unspecified atom stereocenters. The number of ether oxygens (including phenoxy) is 2. The zero-order valence-electron chi connectivity index (χ0n) is 16.3. The minimum absolute atomic E-state index is 0.154. The van der Waals surface area contributed by atoms with E-state index in [-0.39, 0.29) is 11.7 Å². The number of anilines is 1. The van der Waals surface area contributed by atoms with Gasteiger partial charge in [-0.1, -0.05) is 30.0 Å². The fourth-order valence-corrected chi connectivity index (χ4v) is 3.45. The Labute approximate surface area is 173 Å². The number of carbonyl (C=O) groups is 1. The van der Waals surface area contributed by atoms with Gasteiger partial charge in [-0.05, 0) is 36.4 Å². The minimum atomic E-state index is -0.154. The number of aromatic nitrogens is 3. The van der Waals surface area contributed by atoms with Crippen molar-refractivity contribution in [1.82, 2.24) is 14.8 Å². The monoisotopic (exact) mass is 410 g/mol. The third kappa shape index (κ3) is 4.97. The third-order valence-corrected chi connectivity index (χ3v) is 5.06. The Morgan fingerprint density at radius 3 is 2.59 bits per heavy atom. The quantitative estimate of drug-likeness (QED) is 0.426. The molecule has 3 aromatic rings. The molecule has 29 heavy (non-hydrogen) atoms. The summed E-state index contributed by atoms with van der Waals surface area (Å²) in [6, 6.07) is 14.9. The molecular weight excluding hydrogens is 388 g/mol. The van der Waals surface area contributed by atoms with Crippen LogP contribution in [0.15, 0.2) is 66.3 Å². The highest BCUT2D eigenvalue weighted by Gasteiger charge is 2.15. The van der Waals surface area contributed by atoms with Crippen molar-refractivity contribution in [3.05, 3.63) is 61.2 Å². The average molecular weight is 410 g/mol. The summed E-state index contributed by atoms with van der Waals surface area (Å²) in [6.07, 6.45) is 1.77. The van der Waals surface area contributed by atoms with Gasteiger partial charge in [0.05, 0.1) is 25.7 Å². The molecule has 0 bridgehead atoms. The first kappa shape index (κ1) is 20.5. The topological polar surface area (TPSA) is 78.3 Å². The van der Waals surface area contributed by atoms with E-state index in [0.29, 0.717) is 29.0 Å². The van der Waals surface area contributed by atoms with Crippen LogP contribution in [0.3, 0.4) is 0 Å². The van der Waals surface area contributed by atoms with Crippen LogP contribution in [0.4, 0.5) is 5.69 Å². The Morgan fingerprint density at radius 2 is 1.90 bits per heavy atom. The molecule has 0 saturated heterocycles. The highest BCUT2D eigenvalue weighted by atomic mass is 32.2. The van der Waals surface area contributed by atoms with Crippen LogP contribution in [0.2, 0.25) is 0 Å². The van der Waals surface area contributed by atoms with E-state index in [9.17, 15) is 4.79 Å². The lowest BCUT2D eigenvalue weighted by atomic mass is 10.2. The first-order chi connectivity index (χ1) is 14.2. The lowest BCUT2D eigenvalue weighted by Gasteiger charge is -2.10. The molecule has 150 valence electrons. The van der Waals surface area contributed by atoms with E-state index < -0.39 is 0 Å². The molecule has 1 aromatic heterocycles. The Morgan fingerprint density at radius 1 is 1.14 bits per heavy atom. The Kier molecular flexibility index (Phi) is 6.91. The summed E-state index contributed by atoms with van der Waals surface area (Å²) in [4.78, 5) is 12.4. The van der Waals surface area contributed by atoms with Crippen molar-refractivity contribution in [1.29, 1.82) is 0 Å². The second-order valence-corrected chi connectivity index (χ2v) is 6.91. The molecule has 1 amide bonds. The lowest BCUT2D eigenvalue weighted by Crippen LogP contribution is -2.15. The predicted molar refractivity (Wildman–Crippen MR) is 115 cm³/mol. The van der Waals surface area contributed by atoms with Crippen molar-refractivity contribution in [2.45, 2.75) is 11.7 Å². The fourth-order valence-electron chi connectivity index (χ4n) is 2.71. The molecule has 0 aliphatic rings. The molecule has 0 fully saturated rings. The SMILES string of the molecule is C=CCn1c(SCC(=O)Nc2ccccc2OC)nnc1-c1ccc(OC)cc1. The van der Waals surface area contributed by atoms with Crippen LogP contribution in [0.5, 0.6) is 11.5 Å². The summed E-state index contributed by atoms with van der Waals surface area (Å²) < 4.78 is 12.4. The van der Waals surface area contributed by atoms with Gasteiger partial charge in [0.25, 0.3) is 0 Å². The standard InChI is InChI=1S/C21H22N4O3S/c1-4-13-25-20(15-9-11-16(27-2)12-10-15)23-24-21(25)29-14-19(26)22-17-7-5-6-8-18(17)28-3/h4-12H,1,13-14H2,2-3H3,(H,22,26). The van der Waals surface area contributed by atoms with E-state index in [1.807, 2.05) is 41.0 Å². The van der Waals surface area contributed by atoms with E-state index >= 15 is 0 Å². The molecule has 0 radical (unpaired) electrons. The lowest BCUT2D eigenvalue weighted by molar-refractivity contribution is -0.113. The summed E-state index contributed by atoms with van der Waals surface area (Å²) in [6.45, 7) is 4.34. The molecule has 0 spiro atoms. The van der Waals surface area contributed by atoms with E-state index in [1.54, 1.807) is 32.4 Å². The molecule has 0 aliphatic carbocycles. The van der Waals surface area contributed by atoms with Gasteiger partial charge in [0.1, 0.15) is 11.5 Å². The van der Waals surface area contributed by atoms with Gasteiger partial charge in [-0.2, -0.15) is 0 Å². The van der Waals surface area contributed by atoms with Crippen LogP contribution in [0.1, 0.15) is 0 Å². The number of hydrogen-bond acceptors (Lipinski definition) is 6. The Balaban J connectivity index is 1.72. The van der Waals surface area contributed by atoms with Crippen LogP contribution in [-0.4, -0.2) is 40.6 Å². The molecular formula is C21H22N4O3S. The van der Waals surface area contributed by atoms with E-state index in [4.69, 9.17) is 9.47 Å². The molecule has 0 atom stereocenters. The van der Waals surface area contributed by atoms with Gasteiger partial charge in [0, 0.05) is 12.1 Å². The second-order valence-electron chi connectivity index (χ2n) is 5.97. The second kappa shape index (κ2) is 9.79. The molecule has 2 aromatic carbocycles. The summed E-state index contributed by atoms with van der Waals surface area (Å²) in [5, 5.41) is 12.1. The van der Waals surface area contributed by atoms with Crippen molar-refractivity contribution in [2.75, 3.05) is 25.3 Å². The van der Waals surface area contributed by atoms with Crippen molar-refractivity contribution < 1.29 is 14.3 Å². The molecule has 7 nitrogen and oxygen atoms in total. The maximum Gasteiger partial charge on any atom is 0.234 e. The first-order valence-electron chi connectivity index (χ1n) is 8.90. The number of methoxy groups -OCH3 is 2. The number of amides is 1. The van der Waals surface area contributed by atoms with Crippen LogP contribution in [0, 0.1) is 0 Å². The maximum atomic E-state index is 12.4. The number of allylic oxidation sites excluding steroid dienone is 1. The molecule has 8 heteroatoms. The van der Waals surface area contributed by atoms with Crippen LogP contribution >= 0.6 is 11.8 Å². The van der Waals surface area contributed by atoms with E-state index in [2.05, 4.69) is 22.1 Å². The number of para-hydroxylation sites is 2. The highest BCUT2D eigenvalue weighted by Crippen LogP contribution is 2.27. The summed E-state index contributed by atoms with van der Waals surface area (Å²) >= 11 is 1.31. The molecule has 0 saturated carbocycles. The van der Waals surface area contributed by atoms with Crippen LogP contribution in [0.25, 0.3) is 11.4 Å². The normalized spacial score (nSPS) is 10.4. The fraction of sp³-hybridized carbons (Fsp3) is 0.190. The number of hydrogen-bond donors (Lipinski definition) is 1. The Hall–Kier alpha value is -3.26. The largest absolute Gasteiger partial charge is 0.497 e. The van der Waals surface area contributed by atoms with Gasteiger partial charge in [-0.25, -0.2) is 0 Å². The number of nitrogens with one attached hydrogen (secondary N) is 1. The van der Waals surface area contributed by atoms with Gasteiger partial charge < -0.3 is 14.8 Å². The third-order valence-electron chi connectivity index (χ3n) is 4.09. The van der Waals surface area contributed by atoms with E-state index in [0.717, 1.165) is 11.3 Å². The van der Waals surface area contributed by atoms with E-state index in [1.165, 1.54) is 11.8 Å². The van der Waals surface area contributed by atoms with Crippen LogP contribution in [-0.2, 0) is 11.3 Å². The number of rotatable bonds is 9. The Bertz CT molecular complexity index is 986. The zero-order valence-corrected chi connectivity index (χ0v) is 17.1. The average Bonchev–Trinajstić information content (AvgIpc) is 3.15. The zero-order chi connectivity index (χ0) is 20.6. The number of carbonyl (C=O) groups excluding carboxylic acids is 1. The summed E-state index contributed by atoms with van der Waals surface area (Å²) in [5.74, 6) is 2.13. The smallest absolute Gasteiger partial charge is 0.234 e. The number of benzene rings is 2. The number of thioether (sulfide) groups is 1. The minimum Gasteiger partial charge on any atom is -0.497 e. The van der Waals surface area contributed by atoms with Crippen molar-refractivity contribution in [3.8, 4) is 22.9 Å². The molecule has 1 N–H and O–H groups in total. The highest BCUT2D eigenvalue weighted by molar-refractivity contribution is 7.99. The van der Waals surface area contributed by atoms with Crippen molar-refractivity contribution >= 4 is 23.4 Å². The van der Waals surface area contributed by atoms with Gasteiger partial charge in [-0.15, -0.1) is 16.8 Å². The molecule has 1 heterocycles. The van der Waals surface area contributed by atoms with Gasteiger partial charge >= 0.3 is 0 Å². The predicted octanol–water partition coefficient (Wildman–Crippen LogP) is 3.88. The van der Waals surface area contributed by atoms with Gasteiger partial charge in [-0.3, -0.25) is 9.36 Å². The number of nitrogens with zero attached hydrogens (tertiary/aromatic N) is 3. The van der Waals surface area contributed by atoms with Crippen LogP contribution < -0.4 is 14.8 Å².